The number of carbonyl (C=O) groups is 1. The highest BCUT2D eigenvalue weighted by Gasteiger charge is 2.30. The molecule has 0 saturated carbocycles. The van der Waals surface area contributed by atoms with Crippen LogP contribution >= 0.6 is 22.9 Å². The van der Waals surface area contributed by atoms with Gasteiger partial charge in [0.25, 0.3) is 0 Å². The average Bonchev–Trinajstić information content (AvgIpc) is 3.24. The van der Waals surface area contributed by atoms with Crippen LogP contribution in [-0.2, 0) is 14.6 Å². The first-order valence-corrected chi connectivity index (χ1v) is 11.2. The summed E-state index contributed by atoms with van der Waals surface area (Å²) in [6, 6.07) is 13.6. The van der Waals surface area contributed by atoms with E-state index in [2.05, 4.69) is 10.3 Å². The van der Waals surface area contributed by atoms with Crippen LogP contribution in [0, 0.1) is 0 Å². The van der Waals surface area contributed by atoms with Crippen molar-refractivity contribution < 1.29 is 13.2 Å². The number of pyridine rings is 1. The summed E-state index contributed by atoms with van der Waals surface area (Å²) in [7, 11) is -3.65. The number of benzene rings is 1. The number of hydrogen-bond acceptors (Lipinski definition) is 5. The first-order chi connectivity index (χ1) is 13.5. The summed E-state index contributed by atoms with van der Waals surface area (Å²) in [5.41, 5.74) is 1.34. The smallest absolute Gasteiger partial charge is 0.244 e. The lowest BCUT2D eigenvalue weighted by molar-refractivity contribution is -0.116. The summed E-state index contributed by atoms with van der Waals surface area (Å²) in [6.45, 7) is -0.0598. The normalized spacial score (nSPS) is 12.8. The number of nitrogens with zero attached hydrogens (tertiary/aromatic N) is 1. The minimum Gasteiger partial charge on any atom is -0.351 e. The molecule has 0 saturated heterocycles. The van der Waals surface area contributed by atoms with Crippen molar-refractivity contribution in [1.82, 2.24) is 10.3 Å². The van der Waals surface area contributed by atoms with Gasteiger partial charge < -0.3 is 5.32 Å². The van der Waals surface area contributed by atoms with Crippen molar-refractivity contribution in [3.8, 4) is 0 Å². The Labute approximate surface area is 172 Å². The molecule has 0 aliphatic carbocycles. The molecule has 0 spiro atoms. The molecule has 0 aliphatic rings. The quantitative estimate of drug-likeness (QED) is 0.569. The molecule has 8 heteroatoms. The Kier molecular flexibility index (Phi) is 6.61. The zero-order chi connectivity index (χ0) is 20.0. The molecule has 2 aromatic heterocycles. The van der Waals surface area contributed by atoms with Gasteiger partial charge in [-0.05, 0) is 46.8 Å². The van der Waals surface area contributed by atoms with Crippen LogP contribution < -0.4 is 5.32 Å². The van der Waals surface area contributed by atoms with Gasteiger partial charge in [-0.2, -0.15) is 0 Å². The second-order valence-corrected chi connectivity index (χ2v) is 9.62. The lowest BCUT2D eigenvalue weighted by atomic mass is 10.2. The Morgan fingerprint density at radius 2 is 1.96 bits per heavy atom. The number of nitrogens with one attached hydrogen (secondary N) is 1. The van der Waals surface area contributed by atoms with Gasteiger partial charge >= 0.3 is 0 Å². The van der Waals surface area contributed by atoms with Crippen LogP contribution in [0.15, 0.2) is 76.6 Å². The Morgan fingerprint density at radius 1 is 1.18 bits per heavy atom. The summed E-state index contributed by atoms with van der Waals surface area (Å²) < 4.78 is 26.3. The van der Waals surface area contributed by atoms with Crippen LogP contribution in [0.1, 0.15) is 16.4 Å². The number of halogens is 1. The van der Waals surface area contributed by atoms with Gasteiger partial charge in [-0.3, -0.25) is 9.78 Å². The third-order valence-electron chi connectivity index (χ3n) is 3.97. The molecule has 1 amide bonds. The predicted molar refractivity (Wildman–Crippen MR) is 112 cm³/mol. The lowest BCUT2D eigenvalue weighted by Gasteiger charge is -2.17. The van der Waals surface area contributed by atoms with Crippen molar-refractivity contribution >= 4 is 44.8 Å². The average molecular weight is 433 g/mol. The molecule has 3 aromatic rings. The molecular formula is C20H17ClN2O3S2. The van der Waals surface area contributed by atoms with Gasteiger partial charge in [0.15, 0.2) is 9.84 Å². The lowest BCUT2D eigenvalue weighted by Crippen LogP contribution is -2.30. The van der Waals surface area contributed by atoms with Gasteiger partial charge in [0.1, 0.15) is 9.46 Å². The number of rotatable bonds is 7. The predicted octanol–water partition coefficient (Wildman–Crippen LogP) is 4.14. The van der Waals surface area contributed by atoms with Crippen molar-refractivity contribution in [3.63, 3.8) is 0 Å². The zero-order valence-electron chi connectivity index (χ0n) is 14.7. The molecule has 3 rings (SSSR count). The van der Waals surface area contributed by atoms with Crippen LogP contribution in [0.5, 0.6) is 0 Å². The molecule has 0 bridgehead atoms. The van der Waals surface area contributed by atoms with E-state index in [-0.39, 0.29) is 16.7 Å². The second kappa shape index (κ2) is 9.14. The monoisotopic (exact) mass is 432 g/mol. The molecule has 2 heterocycles. The van der Waals surface area contributed by atoms with Crippen LogP contribution in [0.2, 0.25) is 5.02 Å². The van der Waals surface area contributed by atoms with Gasteiger partial charge in [0.05, 0.1) is 0 Å². The van der Waals surface area contributed by atoms with E-state index in [0.717, 1.165) is 16.9 Å². The molecular weight excluding hydrogens is 416 g/mol. The number of aromatic nitrogens is 1. The molecule has 1 atom stereocenters. The zero-order valence-corrected chi connectivity index (χ0v) is 17.0. The van der Waals surface area contributed by atoms with Gasteiger partial charge in [-0.1, -0.05) is 35.9 Å². The van der Waals surface area contributed by atoms with Crippen molar-refractivity contribution in [2.75, 3.05) is 6.54 Å². The van der Waals surface area contributed by atoms with Gasteiger partial charge in [0.2, 0.25) is 5.91 Å². The Morgan fingerprint density at radius 3 is 2.61 bits per heavy atom. The van der Waals surface area contributed by atoms with E-state index in [4.69, 9.17) is 11.6 Å². The third-order valence-corrected chi connectivity index (χ3v) is 7.75. The van der Waals surface area contributed by atoms with Crippen molar-refractivity contribution in [1.29, 1.82) is 0 Å². The van der Waals surface area contributed by atoms with E-state index in [1.165, 1.54) is 12.3 Å². The number of hydrogen-bond donors (Lipinski definition) is 1. The highest BCUT2D eigenvalue weighted by Crippen LogP contribution is 2.30. The summed E-state index contributed by atoms with van der Waals surface area (Å²) in [4.78, 5) is 16.2. The third kappa shape index (κ3) is 5.07. The summed E-state index contributed by atoms with van der Waals surface area (Å²) in [6.07, 6.45) is 6.08. The van der Waals surface area contributed by atoms with E-state index >= 15 is 0 Å². The fourth-order valence-corrected chi connectivity index (χ4v) is 5.51. The molecule has 1 unspecified atom stereocenters. The van der Waals surface area contributed by atoms with E-state index in [0.29, 0.717) is 10.6 Å². The van der Waals surface area contributed by atoms with E-state index in [1.54, 1.807) is 66.2 Å². The maximum absolute atomic E-state index is 13.0. The fraction of sp³-hybridized carbons (Fsp3) is 0.100. The van der Waals surface area contributed by atoms with Crippen molar-refractivity contribution in [2.24, 2.45) is 0 Å². The standard InChI is InChI=1S/C20H17ClN2O3S2/c21-17-8-5-15(6-9-17)7-10-19(24)23-14-18(16-3-1-11-22-13-16)28(25,26)20-4-2-12-27-20/h1-13,18H,14H2,(H,23,24)/b10-7+. The van der Waals surface area contributed by atoms with Crippen molar-refractivity contribution in [3.05, 3.63) is 88.5 Å². The molecule has 28 heavy (non-hydrogen) atoms. The second-order valence-electron chi connectivity index (χ2n) is 5.88. The highest BCUT2D eigenvalue weighted by atomic mass is 35.5. The maximum atomic E-state index is 13.0. The molecule has 0 fully saturated rings. The van der Waals surface area contributed by atoms with Crippen LogP contribution in [0.3, 0.4) is 0 Å². The first-order valence-electron chi connectivity index (χ1n) is 8.35. The summed E-state index contributed by atoms with van der Waals surface area (Å²) >= 11 is 6.99. The SMILES string of the molecule is O=C(/C=C/c1ccc(Cl)cc1)NCC(c1cccnc1)S(=O)(=O)c1cccs1. The van der Waals surface area contributed by atoms with Crippen molar-refractivity contribution in [2.45, 2.75) is 9.46 Å². The molecule has 0 radical (unpaired) electrons. The largest absolute Gasteiger partial charge is 0.351 e. The molecule has 1 N–H and O–H groups in total. The number of thiophene rings is 1. The molecule has 0 aliphatic heterocycles. The number of sulfone groups is 1. The van der Waals surface area contributed by atoms with E-state index in [1.807, 2.05) is 0 Å². The topological polar surface area (TPSA) is 76.1 Å². The van der Waals surface area contributed by atoms with E-state index in [9.17, 15) is 13.2 Å². The minimum absolute atomic E-state index is 0.0598. The van der Waals surface area contributed by atoms with Crippen LogP contribution in [0.4, 0.5) is 0 Å². The summed E-state index contributed by atoms with van der Waals surface area (Å²) in [5.74, 6) is -0.384. The minimum atomic E-state index is -3.65. The Bertz CT molecular complexity index is 1050. The molecule has 1 aromatic carbocycles. The number of carbonyl (C=O) groups excluding carboxylic acids is 1. The highest BCUT2D eigenvalue weighted by molar-refractivity contribution is 7.93. The fourth-order valence-electron chi connectivity index (χ4n) is 2.54. The van der Waals surface area contributed by atoms with Gasteiger partial charge in [-0.15, -0.1) is 11.3 Å². The maximum Gasteiger partial charge on any atom is 0.244 e. The Balaban J connectivity index is 1.75. The first kappa shape index (κ1) is 20.3. The van der Waals surface area contributed by atoms with Crippen LogP contribution in [0.25, 0.3) is 6.08 Å². The molecule has 144 valence electrons. The summed E-state index contributed by atoms with van der Waals surface area (Å²) in [5, 5.41) is 4.07. The molecule has 5 nitrogen and oxygen atoms in total. The van der Waals surface area contributed by atoms with E-state index < -0.39 is 15.1 Å². The number of amides is 1. The Hall–Kier alpha value is -2.48. The van der Waals surface area contributed by atoms with Gasteiger partial charge in [0, 0.05) is 30.0 Å². The van der Waals surface area contributed by atoms with Crippen LogP contribution in [-0.4, -0.2) is 25.9 Å². The van der Waals surface area contributed by atoms with Gasteiger partial charge in [-0.25, -0.2) is 8.42 Å².